The molecule has 2 aromatic rings. The molecule has 2 rings (SSSR count). The SMILES string of the molecule is CCCCCCCCCCCCS(=O)(=O)NN=C(c1ccccc1)c1ccc(O)cc1O. The molecule has 3 N–H and O–H groups in total. The van der Waals surface area contributed by atoms with Gasteiger partial charge in [0.15, 0.2) is 0 Å². The van der Waals surface area contributed by atoms with Crippen molar-refractivity contribution in [1.29, 1.82) is 0 Å². The number of hydrogen-bond acceptors (Lipinski definition) is 5. The Labute approximate surface area is 192 Å². The lowest BCUT2D eigenvalue weighted by molar-refractivity contribution is 0.450. The van der Waals surface area contributed by atoms with E-state index in [-0.39, 0.29) is 23.0 Å². The minimum atomic E-state index is -3.59. The van der Waals surface area contributed by atoms with E-state index >= 15 is 0 Å². The Bertz CT molecular complexity index is 944. The van der Waals surface area contributed by atoms with E-state index in [4.69, 9.17) is 0 Å². The fourth-order valence-corrected chi connectivity index (χ4v) is 4.44. The number of hydrazone groups is 1. The molecule has 176 valence electrons. The molecule has 0 saturated heterocycles. The van der Waals surface area contributed by atoms with Gasteiger partial charge in [-0.05, 0) is 18.6 Å². The van der Waals surface area contributed by atoms with Gasteiger partial charge in [-0.1, -0.05) is 95.0 Å². The fourth-order valence-electron chi connectivity index (χ4n) is 3.54. The molecule has 0 saturated carbocycles. The molecule has 2 aromatic carbocycles. The van der Waals surface area contributed by atoms with Gasteiger partial charge in [-0.2, -0.15) is 5.10 Å². The molecule has 0 bridgehead atoms. The molecule has 6 nitrogen and oxygen atoms in total. The molecule has 0 aromatic heterocycles. The van der Waals surface area contributed by atoms with E-state index in [1.165, 1.54) is 56.7 Å². The predicted octanol–water partition coefficient (Wildman–Crippen LogP) is 5.69. The van der Waals surface area contributed by atoms with E-state index in [0.717, 1.165) is 19.3 Å². The molecule has 0 spiro atoms. The molecule has 0 aliphatic carbocycles. The van der Waals surface area contributed by atoms with Gasteiger partial charge in [0, 0.05) is 17.2 Å². The van der Waals surface area contributed by atoms with Crippen molar-refractivity contribution in [1.82, 2.24) is 4.83 Å². The third-order valence-electron chi connectivity index (χ3n) is 5.35. The van der Waals surface area contributed by atoms with Crippen molar-refractivity contribution in [3.63, 3.8) is 0 Å². The molecule has 0 fully saturated rings. The summed E-state index contributed by atoms with van der Waals surface area (Å²) >= 11 is 0. The van der Waals surface area contributed by atoms with E-state index in [9.17, 15) is 18.6 Å². The topological polar surface area (TPSA) is 99.0 Å². The molecule has 0 unspecified atom stereocenters. The zero-order valence-corrected chi connectivity index (χ0v) is 19.8. The number of benzene rings is 2. The smallest absolute Gasteiger partial charge is 0.247 e. The van der Waals surface area contributed by atoms with E-state index < -0.39 is 10.0 Å². The first-order chi connectivity index (χ1) is 15.4. The van der Waals surface area contributed by atoms with Crippen LogP contribution in [0.15, 0.2) is 53.6 Å². The lowest BCUT2D eigenvalue weighted by atomic mass is 10.0. The number of aromatic hydroxyl groups is 2. The summed E-state index contributed by atoms with van der Waals surface area (Å²) in [6.45, 7) is 2.22. The first-order valence-corrected chi connectivity index (χ1v) is 13.2. The van der Waals surface area contributed by atoms with Gasteiger partial charge in [0.1, 0.15) is 17.2 Å². The van der Waals surface area contributed by atoms with Crippen LogP contribution in [0.25, 0.3) is 0 Å². The highest BCUT2D eigenvalue weighted by Crippen LogP contribution is 2.25. The Kier molecular flexibility index (Phi) is 11.1. The van der Waals surface area contributed by atoms with Crippen LogP contribution in [0.4, 0.5) is 0 Å². The van der Waals surface area contributed by atoms with Crippen molar-refractivity contribution in [2.24, 2.45) is 5.10 Å². The van der Waals surface area contributed by atoms with Gasteiger partial charge in [0.25, 0.3) is 0 Å². The van der Waals surface area contributed by atoms with Crippen LogP contribution in [-0.2, 0) is 10.0 Å². The van der Waals surface area contributed by atoms with Gasteiger partial charge in [0.05, 0.1) is 5.75 Å². The molecule has 0 amide bonds. The van der Waals surface area contributed by atoms with E-state index in [2.05, 4.69) is 16.9 Å². The van der Waals surface area contributed by atoms with Crippen LogP contribution in [0.5, 0.6) is 11.5 Å². The fraction of sp³-hybridized carbons (Fsp3) is 0.480. The maximum atomic E-state index is 12.5. The van der Waals surface area contributed by atoms with Crippen molar-refractivity contribution in [3.8, 4) is 11.5 Å². The maximum Gasteiger partial charge on any atom is 0.247 e. The third-order valence-corrected chi connectivity index (χ3v) is 6.54. The van der Waals surface area contributed by atoms with Crippen molar-refractivity contribution >= 4 is 15.7 Å². The van der Waals surface area contributed by atoms with E-state index in [1.54, 1.807) is 24.3 Å². The van der Waals surface area contributed by atoms with Crippen molar-refractivity contribution in [3.05, 3.63) is 59.7 Å². The summed E-state index contributed by atoms with van der Waals surface area (Å²) in [6, 6.07) is 13.1. The summed E-state index contributed by atoms with van der Waals surface area (Å²) in [5.41, 5.74) is 1.26. The number of sulfonamides is 1. The number of hydrogen-bond donors (Lipinski definition) is 3. The highest BCUT2D eigenvalue weighted by atomic mass is 32.2. The number of nitrogens with one attached hydrogen (secondary N) is 1. The van der Waals surface area contributed by atoms with Crippen LogP contribution in [0.1, 0.15) is 82.3 Å². The molecule has 7 heteroatoms. The number of nitrogens with zero attached hydrogens (tertiary/aromatic N) is 1. The summed E-state index contributed by atoms with van der Waals surface area (Å²) < 4.78 is 24.9. The Morgan fingerprint density at radius 2 is 1.44 bits per heavy atom. The van der Waals surface area contributed by atoms with Crippen LogP contribution >= 0.6 is 0 Å². The summed E-state index contributed by atoms with van der Waals surface area (Å²) in [4.78, 5) is 2.32. The average molecular weight is 461 g/mol. The lowest BCUT2D eigenvalue weighted by Crippen LogP contribution is -2.23. The molecule has 32 heavy (non-hydrogen) atoms. The molecule has 0 aliphatic rings. The number of rotatable bonds is 15. The van der Waals surface area contributed by atoms with Gasteiger partial charge < -0.3 is 10.2 Å². The Morgan fingerprint density at radius 3 is 2.03 bits per heavy atom. The van der Waals surface area contributed by atoms with E-state index in [1.807, 2.05) is 6.07 Å². The van der Waals surface area contributed by atoms with Crippen molar-refractivity contribution in [2.45, 2.75) is 71.1 Å². The number of phenolic OH excluding ortho intramolecular Hbond substituents is 2. The van der Waals surface area contributed by atoms with Crippen LogP contribution in [0.3, 0.4) is 0 Å². The monoisotopic (exact) mass is 460 g/mol. The average Bonchev–Trinajstić information content (AvgIpc) is 2.77. The van der Waals surface area contributed by atoms with Gasteiger partial charge in [-0.15, -0.1) is 0 Å². The maximum absolute atomic E-state index is 12.5. The highest BCUT2D eigenvalue weighted by Gasteiger charge is 2.15. The first kappa shape index (κ1) is 25.7. The molecule has 0 radical (unpaired) electrons. The minimum absolute atomic E-state index is 0.0105. The Hall–Kier alpha value is -2.54. The second-order valence-electron chi connectivity index (χ2n) is 8.12. The number of phenols is 2. The summed E-state index contributed by atoms with van der Waals surface area (Å²) in [7, 11) is -3.59. The quantitative estimate of drug-likeness (QED) is 0.181. The predicted molar refractivity (Wildman–Crippen MR) is 131 cm³/mol. The number of unbranched alkanes of at least 4 members (excludes halogenated alkanes) is 9. The third kappa shape index (κ3) is 9.30. The zero-order chi connectivity index (χ0) is 23.2. The van der Waals surface area contributed by atoms with Gasteiger partial charge in [-0.25, -0.2) is 13.2 Å². The normalized spacial score (nSPS) is 12.1. The van der Waals surface area contributed by atoms with Crippen LogP contribution in [0.2, 0.25) is 0 Å². The van der Waals surface area contributed by atoms with Gasteiger partial charge in [-0.3, -0.25) is 0 Å². The van der Waals surface area contributed by atoms with Gasteiger partial charge >= 0.3 is 0 Å². The van der Waals surface area contributed by atoms with Crippen molar-refractivity contribution in [2.75, 3.05) is 5.75 Å². The largest absolute Gasteiger partial charge is 0.508 e. The highest BCUT2D eigenvalue weighted by molar-refractivity contribution is 7.89. The van der Waals surface area contributed by atoms with E-state index in [0.29, 0.717) is 17.5 Å². The van der Waals surface area contributed by atoms with Gasteiger partial charge in [0.2, 0.25) is 10.0 Å². The molecule has 0 heterocycles. The second-order valence-corrected chi connectivity index (χ2v) is 9.94. The summed E-state index contributed by atoms with van der Waals surface area (Å²) in [5.74, 6) is -0.252. The molecule has 0 aliphatic heterocycles. The summed E-state index contributed by atoms with van der Waals surface area (Å²) in [5, 5.41) is 23.9. The van der Waals surface area contributed by atoms with Crippen molar-refractivity contribution < 1.29 is 18.6 Å². The zero-order valence-electron chi connectivity index (χ0n) is 19.0. The minimum Gasteiger partial charge on any atom is -0.508 e. The van der Waals surface area contributed by atoms with Crippen LogP contribution in [-0.4, -0.2) is 30.1 Å². The molecular weight excluding hydrogens is 424 g/mol. The first-order valence-electron chi connectivity index (χ1n) is 11.6. The second kappa shape index (κ2) is 13.8. The lowest BCUT2D eigenvalue weighted by Gasteiger charge is -2.11. The molecular formula is C25H36N2O4S. The summed E-state index contributed by atoms with van der Waals surface area (Å²) in [6.07, 6.45) is 11.3. The van der Waals surface area contributed by atoms with Crippen LogP contribution in [0, 0.1) is 0 Å². The Balaban J connectivity index is 1.89. The molecule has 0 atom stereocenters. The standard InChI is InChI=1S/C25H36N2O4S/c1-2-3-4-5-6-7-8-9-10-14-19-32(30,31)27-26-25(21-15-12-11-13-16-21)23-18-17-22(28)20-24(23)29/h11-13,15-18,20,27-29H,2-10,14,19H2,1H3. The van der Waals surface area contributed by atoms with Crippen LogP contribution < -0.4 is 4.83 Å². The Morgan fingerprint density at radius 1 is 0.844 bits per heavy atom.